The van der Waals surface area contributed by atoms with Crippen LogP contribution in [0.3, 0.4) is 0 Å². The van der Waals surface area contributed by atoms with Crippen molar-refractivity contribution in [1.82, 2.24) is 0 Å². The number of hydrogen-bond donors (Lipinski definition) is 4. The van der Waals surface area contributed by atoms with Crippen molar-refractivity contribution in [2.45, 2.75) is 52.3 Å². The largest absolute Gasteiger partial charge is 1.00 e. The Kier molecular flexibility index (Phi) is 22.6. The molecule has 0 aliphatic heterocycles. The minimum Gasteiger partial charge on any atom is -1.00 e. The average Bonchev–Trinajstić information content (AvgIpc) is 2.61. The Hall–Kier alpha value is -1.98. The molecule has 2 rings (SSSR count). The number of nitrogens with one attached hydrogen (secondary N) is 2. The quantitative estimate of drug-likeness (QED) is 0.231. The number of hydrogen-bond acceptors (Lipinski definition) is 6. The van der Waals surface area contributed by atoms with Crippen molar-refractivity contribution in [3.05, 3.63) is 48.5 Å². The van der Waals surface area contributed by atoms with Crippen LogP contribution in [0.1, 0.15) is 44.0 Å². The smallest absolute Gasteiger partial charge is 1.00 e. The summed E-state index contributed by atoms with van der Waals surface area (Å²) in [7, 11) is 2.97. The van der Waals surface area contributed by atoms with E-state index in [0.717, 1.165) is 9.79 Å². The third-order valence-corrected chi connectivity index (χ3v) is 5.55. The summed E-state index contributed by atoms with van der Waals surface area (Å²) in [4.78, 5) is 45.6. The second kappa shape index (κ2) is 19.5. The van der Waals surface area contributed by atoms with Crippen molar-refractivity contribution in [3.8, 4) is 0 Å². The maximum Gasteiger partial charge on any atom is 1.00 e. The van der Waals surface area contributed by atoms with Crippen LogP contribution in [0.5, 0.6) is 0 Å². The Labute approximate surface area is 227 Å². The van der Waals surface area contributed by atoms with Gasteiger partial charge >= 0.3 is 41.5 Å². The van der Waals surface area contributed by atoms with E-state index in [2.05, 4.69) is 10.6 Å². The van der Waals surface area contributed by atoms with Gasteiger partial charge in [0.15, 0.2) is 0 Å². The van der Waals surface area contributed by atoms with Gasteiger partial charge in [0.2, 0.25) is 11.8 Å². The molecule has 2 amide bonds. The number of aliphatic carboxylic acids is 2. The zero-order valence-corrected chi connectivity index (χ0v) is 19.0. The minimum atomic E-state index is -1.19. The number of carbonyl (C=O) groups is 4. The molecule has 0 bridgehead atoms. The summed E-state index contributed by atoms with van der Waals surface area (Å²) in [5, 5.41) is 22.1. The van der Waals surface area contributed by atoms with Crippen LogP contribution < -0.4 is 40.2 Å². The predicted octanol–water partition coefficient (Wildman–Crippen LogP) is 2.97. The fourth-order valence-electron chi connectivity index (χ4n) is 1.97. The third-order valence-electron chi connectivity index (χ3n) is 3.13. The molecule has 33 heavy (non-hydrogen) atoms. The summed E-state index contributed by atoms with van der Waals surface area (Å²) < 4.78 is 0. The van der Waals surface area contributed by atoms with Gasteiger partial charge in [-0.15, -0.1) is 0 Å². The zero-order chi connectivity index (χ0) is 20.5. The van der Waals surface area contributed by atoms with Crippen molar-refractivity contribution in [3.63, 3.8) is 0 Å². The van der Waals surface area contributed by atoms with Gasteiger partial charge in [-0.1, -0.05) is 51.3 Å². The molecule has 11 heteroatoms. The first-order chi connectivity index (χ1) is 13.3. The SMILES string of the molecule is C.C.C.C.O=C(O)CC(=O)Nc1ccc(SSc2ccc(NC(=O)CC(=O)O)cc2)cc1.[H-].[Na+]. The van der Waals surface area contributed by atoms with Crippen LogP contribution >= 0.6 is 21.6 Å². The van der Waals surface area contributed by atoms with E-state index in [9.17, 15) is 19.2 Å². The van der Waals surface area contributed by atoms with E-state index in [1.807, 2.05) is 0 Å². The first kappa shape index (κ1) is 38.3. The molecule has 0 fully saturated rings. The fourth-order valence-corrected chi connectivity index (χ4v) is 3.90. The van der Waals surface area contributed by atoms with E-state index < -0.39 is 36.6 Å². The van der Waals surface area contributed by atoms with Crippen LogP contribution in [0.25, 0.3) is 0 Å². The van der Waals surface area contributed by atoms with Gasteiger partial charge in [0.05, 0.1) is 0 Å². The molecule has 0 aromatic heterocycles. The van der Waals surface area contributed by atoms with Gasteiger partial charge in [0.25, 0.3) is 0 Å². The molecule has 0 saturated carbocycles. The topological polar surface area (TPSA) is 133 Å². The van der Waals surface area contributed by atoms with E-state index in [-0.39, 0.29) is 60.7 Å². The summed E-state index contributed by atoms with van der Waals surface area (Å²) in [6, 6.07) is 13.9. The molecule has 0 unspecified atom stereocenters. The van der Waals surface area contributed by atoms with E-state index in [1.54, 1.807) is 48.5 Å². The molecule has 0 radical (unpaired) electrons. The van der Waals surface area contributed by atoms with E-state index in [4.69, 9.17) is 10.2 Å². The molecule has 4 N–H and O–H groups in total. The molecule has 0 aliphatic rings. The fraction of sp³-hybridized carbons (Fsp3) is 0.273. The predicted molar refractivity (Wildman–Crippen MR) is 134 cm³/mol. The average molecular weight is 509 g/mol. The number of amides is 2. The molecule has 8 nitrogen and oxygen atoms in total. The van der Waals surface area contributed by atoms with Crippen LogP contribution in [0.2, 0.25) is 0 Å². The first-order valence-corrected chi connectivity index (χ1v) is 10.0. The van der Waals surface area contributed by atoms with Gasteiger partial charge in [-0.3, -0.25) is 19.2 Å². The zero-order valence-electron chi connectivity index (χ0n) is 16.4. The van der Waals surface area contributed by atoms with Crippen molar-refractivity contribution in [2.24, 2.45) is 0 Å². The van der Waals surface area contributed by atoms with Gasteiger partial charge in [0.1, 0.15) is 12.8 Å². The Bertz CT molecular complexity index is 810. The van der Waals surface area contributed by atoms with Gasteiger partial charge in [-0.05, 0) is 48.5 Å². The van der Waals surface area contributed by atoms with Crippen LogP contribution in [0, 0.1) is 0 Å². The molecule has 180 valence electrons. The van der Waals surface area contributed by atoms with Gasteiger partial charge in [-0.2, -0.15) is 0 Å². The van der Waals surface area contributed by atoms with Crippen LogP contribution in [0.15, 0.2) is 58.3 Å². The molecule has 2 aromatic carbocycles. The van der Waals surface area contributed by atoms with Crippen molar-refractivity contribution >= 4 is 56.7 Å². The van der Waals surface area contributed by atoms with Crippen molar-refractivity contribution in [1.29, 1.82) is 0 Å². The Morgan fingerprint density at radius 1 is 0.636 bits per heavy atom. The summed E-state index contributed by atoms with van der Waals surface area (Å²) in [6.45, 7) is 0. The molecule has 0 atom stereocenters. The first-order valence-electron chi connectivity index (χ1n) is 7.90. The Balaban J connectivity index is -0.000000467. The number of carbonyl (C=O) groups excluding carboxylic acids is 2. The number of carboxylic acids is 2. The summed E-state index contributed by atoms with van der Waals surface area (Å²) >= 11 is 0. The normalized spacial score (nSPS) is 8.61. The number of carboxylic acid groups (broad SMARTS) is 2. The maximum atomic E-state index is 11.4. The molecular weight excluding hydrogens is 475 g/mol. The van der Waals surface area contributed by atoms with Gasteiger partial charge < -0.3 is 22.3 Å². The summed E-state index contributed by atoms with van der Waals surface area (Å²) in [5.41, 5.74) is 1.03. The minimum absolute atomic E-state index is 0. The molecular formula is C22H33N2NaO6S2. The molecule has 0 heterocycles. The Morgan fingerprint density at radius 2 is 0.909 bits per heavy atom. The number of anilines is 2. The summed E-state index contributed by atoms with van der Waals surface area (Å²) in [6.07, 6.45) is -1.17. The molecule has 0 saturated heterocycles. The van der Waals surface area contributed by atoms with Crippen molar-refractivity contribution < 1.29 is 60.4 Å². The van der Waals surface area contributed by atoms with Gasteiger partial charge in [-0.25, -0.2) is 0 Å². The molecule has 0 aliphatic carbocycles. The van der Waals surface area contributed by atoms with Crippen LogP contribution in [-0.2, 0) is 19.2 Å². The van der Waals surface area contributed by atoms with E-state index >= 15 is 0 Å². The number of benzene rings is 2. The monoisotopic (exact) mass is 508 g/mol. The Morgan fingerprint density at radius 3 is 1.15 bits per heavy atom. The third kappa shape index (κ3) is 15.5. The second-order valence-electron chi connectivity index (χ2n) is 5.45. The molecule has 0 spiro atoms. The number of rotatable bonds is 9. The van der Waals surface area contributed by atoms with Crippen LogP contribution in [0.4, 0.5) is 11.4 Å². The molecule has 2 aromatic rings. The second-order valence-corrected chi connectivity index (χ2v) is 7.73. The standard InChI is InChI=1S/C18H16N2O6S2.4CH4.Na.H/c21-15(9-17(23)24)19-11-1-5-13(6-2-11)27-28-14-7-3-12(4-8-14)20-16(22)10-18(25)26;;;;;;/h1-8H,9-10H2,(H,19,21)(H,20,22)(H,23,24)(H,25,26);4*1H4;;/q;;;;;+1;-1. The maximum absolute atomic E-state index is 11.4. The van der Waals surface area contributed by atoms with E-state index in [0.29, 0.717) is 11.4 Å². The summed E-state index contributed by atoms with van der Waals surface area (Å²) in [5.74, 6) is -3.54. The van der Waals surface area contributed by atoms with Crippen molar-refractivity contribution in [2.75, 3.05) is 10.6 Å². The van der Waals surface area contributed by atoms with Gasteiger partial charge in [0, 0.05) is 21.2 Å². The van der Waals surface area contributed by atoms with E-state index in [1.165, 1.54) is 21.6 Å². The van der Waals surface area contributed by atoms with Crippen LogP contribution in [-0.4, -0.2) is 34.0 Å².